The first kappa shape index (κ1) is 15.2. The summed E-state index contributed by atoms with van der Waals surface area (Å²) < 4.78 is 13.4. The van der Waals surface area contributed by atoms with E-state index in [1.165, 1.54) is 0 Å². The highest BCUT2D eigenvalue weighted by atomic mass is 16.5. The van der Waals surface area contributed by atoms with Gasteiger partial charge in [-0.15, -0.1) is 10.2 Å². The number of aryl methyl sites for hydroxylation is 2. The first-order valence-corrected chi connectivity index (χ1v) is 7.72. The van der Waals surface area contributed by atoms with Crippen LogP contribution in [0.5, 0.6) is 0 Å². The zero-order chi connectivity index (χ0) is 15.7. The monoisotopic (exact) mass is 305 g/mol. The predicted octanol–water partition coefficient (Wildman–Crippen LogP) is 1.85. The van der Waals surface area contributed by atoms with Crippen LogP contribution in [0.15, 0.2) is 10.6 Å². The third-order valence-electron chi connectivity index (χ3n) is 3.94. The molecule has 0 saturated carbocycles. The number of rotatable bonds is 5. The van der Waals surface area contributed by atoms with Gasteiger partial charge in [0, 0.05) is 37.4 Å². The maximum Gasteiger partial charge on any atom is 0.230 e. The molecular weight excluding hydrogens is 282 g/mol. The lowest BCUT2D eigenvalue weighted by molar-refractivity contribution is 0.0974. The summed E-state index contributed by atoms with van der Waals surface area (Å²) in [6, 6.07) is 0.234. The van der Waals surface area contributed by atoms with E-state index in [1.807, 2.05) is 38.7 Å². The van der Waals surface area contributed by atoms with Gasteiger partial charge in [-0.2, -0.15) is 5.10 Å². The van der Waals surface area contributed by atoms with E-state index in [1.54, 1.807) is 0 Å². The van der Waals surface area contributed by atoms with Gasteiger partial charge in [-0.05, 0) is 13.3 Å². The van der Waals surface area contributed by atoms with Gasteiger partial charge < -0.3 is 14.5 Å². The Hall–Kier alpha value is -1.73. The Balaban J connectivity index is 1.65. The van der Waals surface area contributed by atoms with Gasteiger partial charge >= 0.3 is 0 Å². The van der Waals surface area contributed by atoms with Gasteiger partial charge in [0.15, 0.2) is 0 Å². The third-order valence-corrected chi connectivity index (χ3v) is 3.94. The van der Waals surface area contributed by atoms with Crippen molar-refractivity contribution in [2.75, 3.05) is 6.61 Å². The van der Waals surface area contributed by atoms with Gasteiger partial charge in [0.2, 0.25) is 11.8 Å². The Morgan fingerprint density at radius 1 is 1.41 bits per heavy atom. The highest BCUT2D eigenvalue weighted by Crippen LogP contribution is 2.31. The zero-order valence-electron chi connectivity index (χ0n) is 13.5. The molecule has 0 radical (unpaired) electrons. The molecule has 7 heteroatoms. The van der Waals surface area contributed by atoms with Gasteiger partial charge in [-0.3, -0.25) is 4.68 Å². The van der Waals surface area contributed by atoms with Crippen LogP contribution in [-0.2, 0) is 18.3 Å². The average molecular weight is 305 g/mol. The Morgan fingerprint density at radius 3 is 2.86 bits per heavy atom. The van der Waals surface area contributed by atoms with Crippen LogP contribution in [0.4, 0.5) is 0 Å². The van der Waals surface area contributed by atoms with Crippen LogP contribution < -0.4 is 5.32 Å². The predicted molar refractivity (Wildman–Crippen MR) is 80.3 cm³/mol. The molecule has 1 saturated heterocycles. The lowest BCUT2D eigenvalue weighted by Crippen LogP contribution is -2.31. The minimum atomic E-state index is 0.0289. The lowest BCUT2D eigenvalue weighted by atomic mass is 10.0. The van der Waals surface area contributed by atoms with Crippen molar-refractivity contribution in [1.29, 1.82) is 0 Å². The largest absolute Gasteiger partial charge is 0.424 e. The molecular formula is C15H23N5O2. The zero-order valence-corrected chi connectivity index (χ0v) is 13.5. The van der Waals surface area contributed by atoms with Crippen LogP contribution in [0.25, 0.3) is 0 Å². The molecule has 0 aliphatic carbocycles. The number of hydrogen-bond acceptors (Lipinski definition) is 6. The van der Waals surface area contributed by atoms with Crippen LogP contribution in [0.3, 0.4) is 0 Å². The third kappa shape index (κ3) is 3.05. The molecule has 0 unspecified atom stereocenters. The molecule has 1 aliphatic rings. The molecule has 0 spiro atoms. The van der Waals surface area contributed by atoms with Gasteiger partial charge in [0.1, 0.15) is 6.10 Å². The van der Waals surface area contributed by atoms with Crippen molar-refractivity contribution in [1.82, 2.24) is 25.3 Å². The van der Waals surface area contributed by atoms with Crippen molar-refractivity contribution < 1.29 is 9.15 Å². The molecule has 1 fully saturated rings. The van der Waals surface area contributed by atoms with E-state index >= 15 is 0 Å². The molecule has 0 amide bonds. The van der Waals surface area contributed by atoms with E-state index in [9.17, 15) is 0 Å². The summed E-state index contributed by atoms with van der Waals surface area (Å²) in [5, 5.41) is 16.0. The Bertz CT molecular complexity index is 634. The molecule has 0 bridgehead atoms. The van der Waals surface area contributed by atoms with Crippen LogP contribution in [0.2, 0.25) is 0 Å². The summed E-state index contributed by atoms with van der Waals surface area (Å²) in [6.07, 6.45) is 3.02. The van der Waals surface area contributed by atoms with Crippen LogP contribution in [-0.4, -0.2) is 32.6 Å². The summed E-state index contributed by atoms with van der Waals surface area (Å²) in [5.41, 5.74) is 2.16. The Kier molecular flexibility index (Phi) is 4.26. The van der Waals surface area contributed by atoms with Gasteiger partial charge in [0.05, 0.1) is 12.2 Å². The second-order valence-electron chi connectivity index (χ2n) is 6.10. The summed E-state index contributed by atoms with van der Waals surface area (Å²) in [6.45, 7) is 7.40. The number of nitrogens with zero attached hydrogens (tertiary/aromatic N) is 4. The minimum absolute atomic E-state index is 0.0289. The Labute approximate surface area is 130 Å². The number of aromatic nitrogens is 4. The minimum Gasteiger partial charge on any atom is -0.424 e. The second kappa shape index (κ2) is 6.18. The van der Waals surface area contributed by atoms with Crippen molar-refractivity contribution >= 4 is 0 Å². The fourth-order valence-electron chi connectivity index (χ4n) is 2.79. The highest BCUT2D eigenvalue weighted by molar-refractivity contribution is 5.21. The molecule has 2 aromatic heterocycles. The van der Waals surface area contributed by atoms with Gasteiger partial charge in [-0.1, -0.05) is 13.8 Å². The first-order chi connectivity index (χ1) is 10.5. The average Bonchev–Trinajstić information content (AvgIpc) is 3.16. The maximum atomic E-state index is 5.90. The van der Waals surface area contributed by atoms with Gasteiger partial charge in [0.25, 0.3) is 0 Å². The molecule has 2 atom stereocenters. The summed E-state index contributed by atoms with van der Waals surface area (Å²) in [5.74, 6) is 1.55. The van der Waals surface area contributed by atoms with Crippen LogP contribution in [0, 0.1) is 6.92 Å². The highest BCUT2D eigenvalue weighted by Gasteiger charge is 2.32. The van der Waals surface area contributed by atoms with E-state index in [0.717, 1.165) is 24.3 Å². The van der Waals surface area contributed by atoms with E-state index in [2.05, 4.69) is 20.6 Å². The van der Waals surface area contributed by atoms with Crippen LogP contribution in [0.1, 0.15) is 55.3 Å². The first-order valence-electron chi connectivity index (χ1n) is 7.72. The van der Waals surface area contributed by atoms with Crippen molar-refractivity contribution in [3.63, 3.8) is 0 Å². The molecule has 1 N–H and O–H groups in total. The maximum absolute atomic E-state index is 5.90. The van der Waals surface area contributed by atoms with E-state index in [0.29, 0.717) is 18.3 Å². The van der Waals surface area contributed by atoms with Crippen molar-refractivity contribution in [2.45, 2.75) is 51.8 Å². The molecule has 0 aromatic carbocycles. The molecule has 120 valence electrons. The summed E-state index contributed by atoms with van der Waals surface area (Å²) in [4.78, 5) is 0. The normalized spacial score (nSPS) is 21.9. The molecule has 7 nitrogen and oxygen atoms in total. The van der Waals surface area contributed by atoms with E-state index in [4.69, 9.17) is 9.15 Å². The van der Waals surface area contributed by atoms with E-state index < -0.39 is 0 Å². The fourth-order valence-corrected chi connectivity index (χ4v) is 2.79. The fraction of sp³-hybridized carbons (Fsp3) is 0.667. The lowest BCUT2D eigenvalue weighted by Gasteiger charge is -2.18. The van der Waals surface area contributed by atoms with Crippen molar-refractivity contribution in [3.05, 3.63) is 29.2 Å². The molecule has 3 rings (SSSR count). The summed E-state index contributed by atoms with van der Waals surface area (Å²) >= 11 is 0. The second-order valence-corrected chi connectivity index (χ2v) is 6.10. The smallest absolute Gasteiger partial charge is 0.230 e. The quantitative estimate of drug-likeness (QED) is 0.908. The molecule has 1 aliphatic heterocycles. The molecule has 3 heterocycles. The standard InChI is InChI=1S/C15H23N5O2/c1-9(2)15-18-17-13(22-15)7-16-12-5-6-21-14(12)11-8-20(4)19-10(11)3/h8-9,12,14,16H,5-7H2,1-4H3/t12-,14+/m0/s1. The van der Waals surface area contributed by atoms with Crippen molar-refractivity contribution in [2.24, 2.45) is 7.05 Å². The molecule has 22 heavy (non-hydrogen) atoms. The Morgan fingerprint density at radius 2 is 2.23 bits per heavy atom. The SMILES string of the molecule is Cc1nn(C)cc1[C@H]1OCC[C@@H]1NCc1nnc(C(C)C)o1. The summed E-state index contributed by atoms with van der Waals surface area (Å²) in [7, 11) is 1.93. The number of nitrogens with one attached hydrogen (secondary N) is 1. The number of hydrogen-bond donors (Lipinski definition) is 1. The van der Waals surface area contributed by atoms with Crippen LogP contribution >= 0.6 is 0 Å². The topological polar surface area (TPSA) is 78.0 Å². The van der Waals surface area contributed by atoms with Gasteiger partial charge in [-0.25, -0.2) is 0 Å². The molecule has 2 aromatic rings. The van der Waals surface area contributed by atoms with Crippen molar-refractivity contribution in [3.8, 4) is 0 Å². The number of ether oxygens (including phenoxy) is 1. The van der Waals surface area contributed by atoms with E-state index in [-0.39, 0.29) is 18.1 Å².